The number of rotatable bonds is 11. The number of piperidine rings is 2. The number of halogens is 2. The van der Waals surface area contributed by atoms with Crippen LogP contribution in [0.15, 0.2) is 85.2 Å². The first-order chi connectivity index (χ1) is 27.8. The fourth-order valence-electron chi connectivity index (χ4n) is 7.85. The fraction of sp³-hybridized carbons (Fsp3) is 0.302. The van der Waals surface area contributed by atoms with Crippen LogP contribution in [0.25, 0.3) is 28.3 Å². The Balaban J connectivity index is 1.10. The summed E-state index contributed by atoms with van der Waals surface area (Å²) in [4.78, 5) is 33.1. The lowest BCUT2D eigenvalue weighted by Crippen LogP contribution is -2.46. The molecule has 0 aliphatic carbocycles. The molecule has 0 unspecified atom stereocenters. The van der Waals surface area contributed by atoms with Gasteiger partial charge in [0.05, 0.1) is 49.7 Å². The van der Waals surface area contributed by atoms with Crippen LogP contribution in [0.5, 0.6) is 17.2 Å². The Hall–Kier alpha value is -6.28. The standard InChI is InChI=1S/C43H44F2N8O4/c1-55-30-17-23-53-38(26-30)49-39(27-10-13-36(56-2)31(24-27)42(54)50-40-32(44)8-7-9-33(40)45)41(53)35-14-18-46-43(48-35)47-34-12-11-29(25-37(34)57-3)52-21-15-28(16-22-52)51-19-5-4-6-20-51/h7-14,17-18,23-26,28H,4-6,15-16,19-22H2,1-3H3,(H,50,54)(H,46,47,48). The molecule has 2 fully saturated rings. The molecule has 57 heavy (non-hydrogen) atoms. The summed E-state index contributed by atoms with van der Waals surface area (Å²) in [6.45, 7) is 4.44. The third kappa shape index (κ3) is 7.77. The number of nitrogens with zero attached hydrogens (tertiary/aromatic N) is 6. The third-order valence-electron chi connectivity index (χ3n) is 10.8. The number of para-hydroxylation sites is 1. The number of imidazole rings is 1. The molecule has 2 aliphatic rings. The minimum atomic E-state index is -0.903. The molecule has 14 heteroatoms. The first kappa shape index (κ1) is 37.6. The number of likely N-dealkylation sites (tertiary alicyclic amines) is 1. The number of ether oxygens (including phenoxy) is 3. The zero-order valence-electron chi connectivity index (χ0n) is 32.1. The molecule has 2 saturated heterocycles. The quantitative estimate of drug-likeness (QED) is 0.133. The van der Waals surface area contributed by atoms with Crippen molar-refractivity contribution in [3.8, 4) is 39.9 Å². The highest BCUT2D eigenvalue weighted by Crippen LogP contribution is 2.37. The van der Waals surface area contributed by atoms with Crippen LogP contribution in [0, 0.1) is 11.6 Å². The van der Waals surface area contributed by atoms with Gasteiger partial charge in [-0.05, 0) is 93.4 Å². The van der Waals surface area contributed by atoms with E-state index in [0.29, 0.717) is 57.5 Å². The second-order valence-electron chi connectivity index (χ2n) is 14.2. The van der Waals surface area contributed by atoms with Crippen molar-refractivity contribution in [3.63, 3.8) is 0 Å². The van der Waals surface area contributed by atoms with Gasteiger partial charge in [-0.1, -0.05) is 12.5 Å². The van der Waals surface area contributed by atoms with Gasteiger partial charge in [0.15, 0.2) is 0 Å². The number of fused-ring (bicyclic) bond motifs is 1. The van der Waals surface area contributed by atoms with Gasteiger partial charge >= 0.3 is 0 Å². The monoisotopic (exact) mass is 774 g/mol. The van der Waals surface area contributed by atoms with Crippen LogP contribution in [0.3, 0.4) is 0 Å². The van der Waals surface area contributed by atoms with Crippen molar-refractivity contribution in [2.45, 2.75) is 38.1 Å². The molecule has 0 bridgehead atoms. The van der Waals surface area contributed by atoms with E-state index in [4.69, 9.17) is 24.2 Å². The number of carbonyl (C=O) groups is 1. The molecule has 6 aromatic rings. The fourth-order valence-corrected chi connectivity index (χ4v) is 7.85. The maximum absolute atomic E-state index is 14.5. The van der Waals surface area contributed by atoms with E-state index in [9.17, 15) is 13.6 Å². The van der Waals surface area contributed by atoms with Crippen LogP contribution in [0.2, 0.25) is 0 Å². The normalized spacial score (nSPS) is 15.1. The van der Waals surface area contributed by atoms with E-state index in [2.05, 4.69) is 37.6 Å². The van der Waals surface area contributed by atoms with E-state index >= 15 is 0 Å². The van der Waals surface area contributed by atoms with E-state index in [-0.39, 0.29) is 11.3 Å². The van der Waals surface area contributed by atoms with E-state index in [0.717, 1.165) is 43.8 Å². The number of hydrogen-bond donors (Lipinski definition) is 2. The van der Waals surface area contributed by atoms with Gasteiger partial charge in [0.25, 0.3) is 5.91 Å². The zero-order chi connectivity index (χ0) is 39.5. The SMILES string of the molecule is COc1ccn2c(-c3ccnc(Nc4ccc(N5CCC(N6CCCCC6)CC5)cc4OC)n3)c(-c3ccc(OC)c(C(=O)Nc4c(F)cccc4F)c3)nc2c1. The number of carbonyl (C=O) groups excluding carboxylic acids is 1. The van der Waals surface area contributed by atoms with Crippen molar-refractivity contribution in [1.29, 1.82) is 0 Å². The van der Waals surface area contributed by atoms with Crippen molar-refractivity contribution in [1.82, 2.24) is 24.3 Å². The molecule has 0 radical (unpaired) electrons. The van der Waals surface area contributed by atoms with Crippen molar-refractivity contribution in [3.05, 3.63) is 102 Å². The molecule has 8 rings (SSSR count). The highest BCUT2D eigenvalue weighted by atomic mass is 19.1. The zero-order valence-corrected chi connectivity index (χ0v) is 32.1. The third-order valence-corrected chi connectivity index (χ3v) is 10.8. The van der Waals surface area contributed by atoms with Crippen molar-refractivity contribution < 1.29 is 27.8 Å². The van der Waals surface area contributed by atoms with E-state index < -0.39 is 23.2 Å². The lowest BCUT2D eigenvalue weighted by molar-refractivity contribution is 0.102. The number of hydrogen-bond acceptors (Lipinski definition) is 10. The number of anilines is 4. The molecule has 3 aromatic heterocycles. The molecular formula is C43H44F2N8O4. The predicted octanol–water partition coefficient (Wildman–Crippen LogP) is 8.21. The second kappa shape index (κ2) is 16.4. The maximum atomic E-state index is 14.5. The largest absolute Gasteiger partial charge is 0.497 e. The molecule has 5 heterocycles. The Morgan fingerprint density at radius 1 is 0.807 bits per heavy atom. The molecule has 0 atom stereocenters. The highest BCUT2D eigenvalue weighted by Gasteiger charge is 2.27. The summed E-state index contributed by atoms with van der Waals surface area (Å²) in [6.07, 6.45) is 9.74. The first-order valence-corrected chi connectivity index (χ1v) is 19.1. The van der Waals surface area contributed by atoms with Crippen LogP contribution in [-0.4, -0.2) is 83.7 Å². The Bertz CT molecular complexity index is 2390. The maximum Gasteiger partial charge on any atom is 0.259 e. The lowest BCUT2D eigenvalue weighted by atomic mass is 9.99. The van der Waals surface area contributed by atoms with Gasteiger partial charge in [-0.3, -0.25) is 9.20 Å². The Morgan fingerprint density at radius 3 is 2.32 bits per heavy atom. The number of methoxy groups -OCH3 is 3. The lowest BCUT2D eigenvalue weighted by Gasteiger charge is -2.41. The Labute approximate surface area is 329 Å². The number of amides is 1. The molecule has 2 aliphatic heterocycles. The molecule has 2 N–H and O–H groups in total. The first-order valence-electron chi connectivity index (χ1n) is 19.1. The summed E-state index contributed by atoms with van der Waals surface area (Å²) in [7, 11) is 4.64. The summed E-state index contributed by atoms with van der Waals surface area (Å²) in [5.74, 6) is -0.770. The highest BCUT2D eigenvalue weighted by molar-refractivity contribution is 6.07. The van der Waals surface area contributed by atoms with Gasteiger partial charge < -0.3 is 34.6 Å². The van der Waals surface area contributed by atoms with Crippen LogP contribution >= 0.6 is 0 Å². The van der Waals surface area contributed by atoms with Crippen molar-refractivity contribution in [2.24, 2.45) is 0 Å². The number of pyridine rings is 1. The van der Waals surface area contributed by atoms with Crippen LogP contribution < -0.4 is 29.7 Å². The van der Waals surface area contributed by atoms with Crippen molar-refractivity contribution in [2.75, 3.05) is 63.0 Å². The average molecular weight is 775 g/mol. The van der Waals surface area contributed by atoms with Gasteiger partial charge in [0, 0.05) is 54.9 Å². The topological polar surface area (TPSA) is 118 Å². The molecule has 3 aromatic carbocycles. The number of nitrogens with one attached hydrogen (secondary N) is 2. The van der Waals surface area contributed by atoms with Crippen LogP contribution in [0.4, 0.5) is 31.8 Å². The predicted molar refractivity (Wildman–Crippen MR) is 216 cm³/mol. The van der Waals surface area contributed by atoms with Crippen LogP contribution in [0.1, 0.15) is 42.5 Å². The average Bonchev–Trinajstić information content (AvgIpc) is 3.64. The van der Waals surface area contributed by atoms with Crippen LogP contribution in [-0.2, 0) is 0 Å². The van der Waals surface area contributed by atoms with E-state index in [1.54, 1.807) is 56.8 Å². The molecule has 294 valence electrons. The van der Waals surface area contributed by atoms with Crippen molar-refractivity contribution >= 4 is 34.6 Å². The van der Waals surface area contributed by atoms with E-state index in [1.807, 2.05) is 16.7 Å². The molecular weight excluding hydrogens is 731 g/mol. The summed E-state index contributed by atoms with van der Waals surface area (Å²) in [5.41, 5.74) is 4.00. The summed E-state index contributed by atoms with van der Waals surface area (Å²) in [6, 6.07) is 20.5. The summed E-state index contributed by atoms with van der Waals surface area (Å²) < 4.78 is 47.7. The van der Waals surface area contributed by atoms with Gasteiger partial charge in [0.2, 0.25) is 5.95 Å². The molecule has 0 saturated carbocycles. The van der Waals surface area contributed by atoms with Gasteiger partial charge in [-0.25, -0.2) is 23.7 Å². The Morgan fingerprint density at radius 2 is 1.58 bits per heavy atom. The van der Waals surface area contributed by atoms with Gasteiger partial charge in [0.1, 0.15) is 40.2 Å². The molecule has 1 amide bonds. The Kier molecular flexibility index (Phi) is 10.9. The minimum Gasteiger partial charge on any atom is -0.497 e. The smallest absolute Gasteiger partial charge is 0.259 e. The van der Waals surface area contributed by atoms with Gasteiger partial charge in [-0.2, -0.15) is 0 Å². The minimum absolute atomic E-state index is 0.0465. The summed E-state index contributed by atoms with van der Waals surface area (Å²) in [5, 5.41) is 5.71. The second-order valence-corrected chi connectivity index (χ2v) is 14.2. The summed E-state index contributed by atoms with van der Waals surface area (Å²) >= 11 is 0. The van der Waals surface area contributed by atoms with Gasteiger partial charge in [-0.15, -0.1) is 0 Å². The number of benzene rings is 3. The number of aromatic nitrogens is 4. The van der Waals surface area contributed by atoms with E-state index in [1.165, 1.54) is 45.5 Å². The molecule has 0 spiro atoms. The molecule has 12 nitrogen and oxygen atoms in total.